The molecular weight excluding hydrogens is 476 g/mol. The second-order valence-corrected chi connectivity index (χ2v) is 9.81. The molecule has 3 heterocycles. The Kier molecular flexibility index (Phi) is 13.1. The van der Waals surface area contributed by atoms with E-state index in [9.17, 15) is 9.59 Å². The van der Waals surface area contributed by atoms with Crippen molar-refractivity contribution in [2.75, 3.05) is 39.3 Å². The zero-order valence-electron chi connectivity index (χ0n) is 22.0. The number of benzene rings is 1. The number of nitrogens with zero attached hydrogens (tertiary/aromatic N) is 2. The minimum atomic E-state index is -0.833. The van der Waals surface area contributed by atoms with Crippen molar-refractivity contribution in [3.05, 3.63) is 35.9 Å². The van der Waals surface area contributed by atoms with Crippen LogP contribution >= 0.6 is 0 Å². The second kappa shape index (κ2) is 16.0. The summed E-state index contributed by atoms with van der Waals surface area (Å²) in [6, 6.07) is 9.84. The summed E-state index contributed by atoms with van der Waals surface area (Å²) in [4.78, 5) is 47.7. The van der Waals surface area contributed by atoms with Crippen molar-refractivity contribution < 1.29 is 29.4 Å². The Balaban J connectivity index is 0.000000530. The van der Waals surface area contributed by atoms with Crippen LogP contribution in [0.2, 0.25) is 0 Å². The van der Waals surface area contributed by atoms with E-state index < -0.39 is 11.9 Å². The van der Waals surface area contributed by atoms with Crippen molar-refractivity contribution in [2.45, 2.75) is 58.5 Å². The van der Waals surface area contributed by atoms with Crippen molar-refractivity contribution in [2.24, 2.45) is 11.8 Å². The summed E-state index contributed by atoms with van der Waals surface area (Å²) in [7, 11) is 0. The van der Waals surface area contributed by atoms with Crippen LogP contribution in [0.5, 0.6) is 0 Å². The summed E-state index contributed by atoms with van der Waals surface area (Å²) in [6.45, 7) is 8.29. The molecule has 37 heavy (non-hydrogen) atoms. The fourth-order valence-corrected chi connectivity index (χ4v) is 5.22. The van der Waals surface area contributed by atoms with Crippen LogP contribution in [0.3, 0.4) is 0 Å². The number of likely N-dealkylation sites (tertiary alicyclic amines) is 1. The van der Waals surface area contributed by atoms with Crippen LogP contribution in [0.15, 0.2) is 30.3 Å². The lowest BCUT2D eigenvalue weighted by Gasteiger charge is -2.39. The number of carboxylic acids is 2. The molecule has 3 fully saturated rings. The SMILES string of the molecule is CC(=O)O.CC(=O)O.O=C1NCCN(Cc2ccccc2)C1CC(=O)N1CCC(C2CCNCC2)CC1. The Morgan fingerprint density at radius 2 is 1.41 bits per heavy atom. The first-order valence-corrected chi connectivity index (χ1v) is 13.1. The Morgan fingerprint density at radius 3 is 1.97 bits per heavy atom. The maximum absolute atomic E-state index is 13.0. The van der Waals surface area contributed by atoms with Gasteiger partial charge in [-0.3, -0.25) is 24.1 Å². The van der Waals surface area contributed by atoms with E-state index in [-0.39, 0.29) is 24.3 Å². The number of rotatable bonds is 5. The molecular formula is C27H42N4O6. The molecule has 4 N–H and O–H groups in total. The highest BCUT2D eigenvalue weighted by Gasteiger charge is 2.35. The molecule has 0 spiro atoms. The van der Waals surface area contributed by atoms with E-state index in [0.29, 0.717) is 13.1 Å². The molecule has 3 aliphatic heterocycles. The van der Waals surface area contributed by atoms with Crippen LogP contribution in [-0.4, -0.2) is 89.1 Å². The third-order valence-electron chi connectivity index (χ3n) is 6.98. The van der Waals surface area contributed by atoms with Gasteiger partial charge in [0.25, 0.3) is 11.9 Å². The number of carbonyl (C=O) groups is 4. The summed E-state index contributed by atoms with van der Waals surface area (Å²) in [5.74, 6) is 0.0340. The number of nitrogens with one attached hydrogen (secondary N) is 2. The van der Waals surface area contributed by atoms with E-state index >= 15 is 0 Å². The molecule has 1 aromatic rings. The third kappa shape index (κ3) is 11.3. The first-order valence-electron chi connectivity index (χ1n) is 13.1. The molecule has 0 aliphatic carbocycles. The zero-order valence-corrected chi connectivity index (χ0v) is 22.0. The van der Waals surface area contributed by atoms with Crippen LogP contribution in [-0.2, 0) is 25.7 Å². The number of carboxylic acid groups (broad SMARTS) is 2. The fraction of sp³-hybridized carbons (Fsp3) is 0.630. The highest BCUT2D eigenvalue weighted by molar-refractivity contribution is 5.88. The van der Waals surface area contributed by atoms with Gasteiger partial charge in [-0.15, -0.1) is 0 Å². The second-order valence-electron chi connectivity index (χ2n) is 9.81. The topological polar surface area (TPSA) is 139 Å². The van der Waals surface area contributed by atoms with Crippen molar-refractivity contribution in [1.29, 1.82) is 0 Å². The van der Waals surface area contributed by atoms with Crippen LogP contribution in [0.25, 0.3) is 0 Å². The highest BCUT2D eigenvalue weighted by Crippen LogP contribution is 2.31. The molecule has 1 unspecified atom stereocenters. The monoisotopic (exact) mass is 518 g/mol. The largest absolute Gasteiger partial charge is 0.481 e. The number of piperidine rings is 2. The molecule has 2 amide bonds. The molecule has 0 radical (unpaired) electrons. The molecule has 0 saturated carbocycles. The lowest BCUT2D eigenvalue weighted by atomic mass is 9.79. The fourth-order valence-electron chi connectivity index (χ4n) is 5.22. The minimum absolute atomic E-state index is 0.00915. The van der Waals surface area contributed by atoms with Gasteiger partial charge in [0.1, 0.15) is 0 Å². The number of piperazine rings is 1. The van der Waals surface area contributed by atoms with Gasteiger partial charge < -0.3 is 25.7 Å². The standard InChI is InChI=1S/C23H34N4O2.2C2H4O2/c28-22(26-13-8-20(9-14-26)19-6-10-24-11-7-19)16-21-23(29)25-12-15-27(21)17-18-4-2-1-3-5-18;2*1-2(3)4/h1-5,19-21,24H,6-17H2,(H,25,29);2*1H3,(H,3,4). The predicted molar refractivity (Wildman–Crippen MR) is 140 cm³/mol. The molecule has 1 aromatic carbocycles. The lowest BCUT2D eigenvalue weighted by molar-refractivity contribution is -0.140. The maximum Gasteiger partial charge on any atom is 0.300 e. The van der Waals surface area contributed by atoms with Crippen molar-refractivity contribution in [3.63, 3.8) is 0 Å². The van der Waals surface area contributed by atoms with E-state index in [0.717, 1.165) is 71.2 Å². The van der Waals surface area contributed by atoms with Crippen LogP contribution in [0.1, 0.15) is 51.5 Å². The molecule has 206 valence electrons. The van der Waals surface area contributed by atoms with E-state index in [4.69, 9.17) is 19.8 Å². The Labute approximate surface area is 219 Å². The number of aliphatic carboxylic acids is 2. The van der Waals surface area contributed by atoms with Gasteiger partial charge in [-0.1, -0.05) is 30.3 Å². The summed E-state index contributed by atoms with van der Waals surface area (Å²) >= 11 is 0. The Hall–Kier alpha value is -2.98. The molecule has 3 aliphatic rings. The smallest absolute Gasteiger partial charge is 0.300 e. The average molecular weight is 519 g/mol. The first-order chi connectivity index (χ1) is 17.7. The van der Waals surface area contributed by atoms with E-state index in [1.165, 1.54) is 18.4 Å². The summed E-state index contributed by atoms with van der Waals surface area (Å²) < 4.78 is 0. The molecule has 1 atom stereocenters. The minimum Gasteiger partial charge on any atom is -0.481 e. The Morgan fingerprint density at radius 1 is 0.865 bits per heavy atom. The van der Waals surface area contributed by atoms with E-state index in [1.807, 2.05) is 23.1 Å². The molecule has 3 saturated heterocycles. The van der Waals surface area contributed by atoms with Crippen molar-refractivity contribution in [3.8, 4) is 0 Å². The summed E-state index contributed by atoms with van der Waals surface area (Å²) in [5.41, 5.74) is 1.18. The molecule has 10 nitrogen and oxygen atoms in total. The van der Waals surface area contributed by atoms with Crippen molar-refractivity contribution in [1.82, 2.24) is 20.4 Å². The highest BCUT2D eigenvalue weighted by atomic mass is 16.4. The Bertz CT molecular complexity index is 847. The average Bonchev–Trinajstić information content (AvgIpc) is 2.87. The van der Waals surface area contributed by atoms with Gasteiger partial charge in [0, 0.05) is 46.6 Å². The number of carbonyl (C=O) groups excluding carboxylic acids is 2. The normalized spacial score (nSPS) is 21.0. The van der Waals surface area contributed by atoms with Gasteiger partial charge in [-0.25, -0.2) is 0 Å². The van der Waals surface area contributed by atoms with Gasteiger partial charge >= 0.3 is 0 Å². The summed E-state index contributed by atoms with van der Waals surface area (Å²) in [5, 5.41) is 21.2. The maximum atomic E-state index is 13.0. The number of hydrogen-bond donors (Lipinski definition) is 4. The molecule has 0 aromatic heterocycles. The molecule has 0 bridgehead atoms. The summed E-state index contributed by atoms with van der Waals surface area (Å²) in [6.07, 6.45) is 5.06. The zero-order chi connectivity index (χ0) is 27.2. The molecule has 10 heteroatoms. The lowest BCUT2D eigenvalue weighted by Crippen LogP contribution is -2.56. The van der Waals surface area contributed by atoms with Gasteiger partial charge in [0.2, 0.25) is 11.8 Å². The molecule has 4 rings (SSSR count). The quantitative estimate of drug-likeness (QED) is 0.463. The number of hydrogen-bond acceptors (Lipinski definition) is 6. The van der Waals surface area contributed by atoms with Crippen LogP contribution < -0.4 is 10.6 Å². The van der Waals surface area contributed by atoms with Crippen LogP contribution in [0.4, 0.5) is 0 Å². The van der Waals surface area contributed by atoms with Gasteiger partial charge in [-0.05, 0) is 56.2 Å². The van der Waals surface area contributed by atoms with Gasteiger partial charge in [0.15, 0.2) is 0 Å². The first kappa shape index (κ1) is 30.2. The van der Waals surface area contributed by atoms with Crippen LogP contribution in [0, 0.1) is 11.8 Å². The third-order valence-corrected chi connectivity index (χ3v) is 6.98. The predicted octanol–water partition coefficient (Wildman–Crippen LogP) is 1.80. The number of amides is 2. The van der Waals surface area contributed by atoms with Gasteiger partial charge in [-0.2, -0.15) is 0 Å². The van der Waals surface area contributed by atoms with Crippen molar-refractivity contribution >= 4 is 23.8 Å². The van der Waals surface area contributed by atoms with E-state index in [2.05, 4.69) is 27.7 Å². The van der Waals surface area contributed by atoms with Gasteiger partial charge in [0.05, 0.1) is 12.5 Å². The van der Waals surface area contributed by atoms with E-state index in [1.54, 1.807) is 0 Å².